The summed E-state index contributed by atoms with van der Waals surface area (Å²) in [5, 5.41) is 2.72. The van der Waals surface area contributed by atoms with E-state index in [0.717, 1.165) is 25.9 Å². The van der Waals surface area contributed by atoms with E-state index < -0.39 is 17.4 Å². The number of hydrogen-bond donors (Lipinski definition) is 2. The molecule has 23 heavy (non-hydrogen) atoms. The number of ether oxygens (including phenoxy) is 1. The molecule has 2 amide bonds. The van der Waals surface area contributed by atoms with E-state index >= 15 is 0 Å². The molecule has 0 aliphatic carbocycles. The van der Waals surface area contributed by atoms with Crippen molar-refractivity contribution in [2.75, 3.05) is 26.2 Å². The minimum absolute atomic E-state index is 0.0379. The zero-order valence-corrected chi connectivity index (χ0v) is 13.8. The number of likely N-dealkylation sites (tertiary alicyclic amines) is 1. The highest BCUT2D eigenvalue weighted by Gasteiger charge is 2.38. The van der Waals surface area contributed by atoms with E-state index in [-0.39, 0.29) is 30.8 Å². The van der Waals surface area contributed by atoms with Crippen LogP contribution < -0.4 is 11.1 Å². The van der Waals surface area contributed by atoms with E-state index in [1.807, 2.05) is 0 Å². The Balaban J connectivity index is 1.84. The third-order valence-electron chi connectivity index (χ3n) is 4.56. The van der Waals surface area contributed by atoms with Gasteiger partial charge in [0.1, 0.15) is 12.6 Å². The highest BCUT2D eigenvalue weighted by molar-refractivity contribution is 5.94. The van der Waals surface area contributed by atoms with Crippen LogP contribution in [0.15, 0.2) is 0 Å². The molecule has 2 aliphatic heterocycles. The quantitative estimate of drug-likeness (QED) is 0.666. The van der Waals surface area contributed by atoms with Gasteiger partial charge in [0.25, 0.3) is 0 Å². The van der Waals surface area contributed by atoms with E-state index in [1.165, 1.54) is 6.42 Å². The van der Waals surface area contributed by atoms with Gasteiger partial charge >= 0.3 is 0 Å². The van der Waals surface area contributed by atoms with E-state index in [0.29, 0.717) is 6.54 Å². The summed E-state index contributed by atoms with van der Waals surface area (Å²) in [5.74, 6) is -0.937. The fourth-order valence-corrected chi connectivity index (χ4v) is 2.79. The van der Waals surface area contributed by atoms with Crippen LogP contribution in [0.25, 0.3) is 0 Å². The van der Waals surface area contributed by atoms with Crippen LogP contribution in [0.3, 0.4) is 0 Å². The third kappa shape index (κ3) is 4.75. The number of nitrogens with one attached hydrogen (secondary N) is 1. The van der Waals surface area contributed by atoms with Gasteiger partial charge in [-0.1, -0.05) is 13.8 Å². The normalized spacial score (nSPS) is 25.7. The van der Waals surface area contributed by atoms with Crippen molar-refractivity contribution in [1.29, 1.82) is 0 Å². The molecule has 1 radical (unpaired) electrons. The van der Waals surface area contributed by atoms with Crippen molar-refractivity contribution < 1.29 is 19.1 Å². The number of ketones is 1. The van der Waals surface area contributed by atoms with Crippen molar-refractivity contribution in [3.63, 3.8) is 0 Å². The Kier molecular flexibility index (Phi) is 5.75. The molecule has 0 aromatic rings. The van der Waals surface area contributed by atoms with Gasteiger partial charge in [-0.05, 0) is 32.4 Å². The molecule has 7 nitrogen and oxygen atoms in total. The maximum absolute atomic E-state index is 12.1. The second-order valence-electron chi connectivity index (χ2n) is 6.97. The van der Waals surface area contributed by atoms with Gasteiger partial charge in [-0.15, -0.1) is 0 Å². The lowest BCUT2D eigenvalue weighted by atomic mass is 9.87. The Labute approximate surface area is 136 Å². The van der Waals surface area contributed by atoms with Crippen LogP contribution in [0.2, 0.25) is 0 Å². The molecule has 0 bridgehead atoms. The SMILES string of the molecule is CC(C)(C[CH]C(=O)NC1C(=O)CO[C@H]1CN1CCCC1)C(N)=O. The first-order valence-corrected chi connectivity index (χ1v) is 8.10. The second kappa shape index (κ2) is 7.40. The average Bonchev–Trinajstić information content (AvgIpc) is 3.10. The molecule has 2 aliphatic rings. The zero-order valence-electron chi connectivity index (χ0n) is 13.8. The predicted octanol–water partition coefficient (Wildman–Crippen LogP) is -0.359. The van der Waals surface area contributed by atoms with Gasteiger partial charge in [0.2, 0.25) is 11.8 Å². The molecule has 7 heteroatoms. The van der Waals surface area contributed by atoms with Crippen LogP contribution in [0.4, 0.5) is 0 Å². The summed E-state index contributed by atoms with van der Waals surface area (Å²) in [6, 6.07) is -0.615. The molecule has 1 unspecified atom stereocenters. The number of amides is 2. The van der Waals surface area contributed by atoms with Crippen molar-refractivity contribution in [1.82, 2.24) is 10.2 Å². The summed E-state index contributed by atoms with van der Waals surface area (Å²) in [6.45, 7) is 6.07. The first kappa shape index (κ1) is 17.9. The van der Waals surface area contributed by atoms with E-state index in [9.17, 15) is 14.4 Å². The summed E-state index contributed by atoms with van der Waals surface area (Å²) >= 11 is 0. The summed E-state index contributed by atoms with van der Waals surface area (Å²) in [5.41, 5.74) is 4.50. The lowest BCUT2D eigenvalue weighted by molar-refractivity contribution is -0.127. The molecule has 0 aromatic heterocycles. The fraction of sp³-hybridized carbons (Fsp3) is 0.750. The standard InChI is InChI=1S/C16H26N3O4/c1-16(2,15(17)22)6-5-13(21)18-14-11(20)10-23-12(14)9-19-7-3-4-8-19/h5,12,14H,3-4,6-10H2,1-2H3,(H2,17,22)(H,18,21)/t12-,14?/m0/s1. The molecule has 0 aromatic carbocycles. The molecule has 2 fully saturated rings. The van der Waals surface area contributed by atoms with Crippen molar-refractivity contribution >= 4 is 17.6 Å². The highest BCUT2D eigenvalue weighted by Crippen LogP contribution is 2.21. The fourth-order valence-electron chi connectivity index (χ4n) is 2.79. The van der Waals surface area contributed by atoms with E-state index in [2.05, 4.69) is 10.2 Å². The van der Waals surface area contributed by atoms with Crippen LogP contribution in [-0.2, 0) is 19.1 Å². The smallest absolute Gasteiger partial charge is 0.224 e. The molecular formula is C16H26N3O4. The summed E-state index contributed by atoms with van der Waals surface area (Å²) < 4.78 is 5.53. The van der Waals surface area contributed by atoms with Gasteiger partial charge < -0.3 is 20.7 Å². The Morgan fingerprint density at radius 3 is 2.65 bits per heavy atom. The number of primary amides is 1. The van der Waals surface area contributed by atoms with Crippen molar-refractivity contribution in [3.8, 4) is 0 Å². The number of hydrogen-bond acceptors (Lipinski definition) is 5. The first-order chi connectivity index (χ1) is 10.8. The molecule has 2 saturated heterocycles. The largest absolute Gasteiger partial charge is 0.369 e. The molecule has 2 atom stereocenters. The Morgan fingerprint density at radius 2 is 2.04 bits per heavy atom. The van der Waals surface area contributed by atoms with Crippen LogP contribution >= 0.6 is 0 Å². The topological polar surface area (TPSA) is 102 Å². The van der Waals surface area contributed by atoms with Crippen LogP contribution in [-0.4, -0.2) is 60.9 Å². The predicted molar refractivity (Wildman–Crippen MR) is 84.2 cm³/mol. The first-order valence-electron chi connectivity index (χ1n) is 8.10. The maximum atomic E-state index is 12.1. The minimum Gasteiger partial charge on any atom is -0.369 e. The monoisotopic (exact) mass is 324 g/mol. The Hall–Kier alpha value is -1.47. The number of carbonyl (C=O) groups is 3. The molecule has 3 N–H and O–H groups in total. The molecule has 129 valence electrons. The number of nitrogens with zero attached hydrogens (tertiary/aromatic N) is 1. The van der Waals surface area contributed by atoms with Crippen LogP contribution in [0, 0.1) is 11.8 Å². The van der Waals surface area contributed by atoms with E-state index in [4.69, 9.17) is 10.5 Å². The highest BCUT2D eigenvalue weighted by atomic mass is 16.5. The molecule has 0 saturated carbocycles. The van der Waals surface area contributed by atoms with Gasteiger partial charge in [-0.2, -0.15) is 0 Å². The Bertz CT molecular complexity index is 472. The molecule has 2 heterocycles. The van der Waals surface area contributed by atoms with Crippen LogP contribution in [0.5, 0.6) is 0 Å². The minimum atomic E-state index is -0.789. The number of Topliss-reactive ketones (excluding diaryl/α,β-unsaturated/α-hetero) is 1. The third-order valence-corrected chi connectivity index (χ3v) is 4.56. The van der Waals surface area contributed by atoms with Crippen LogP contribution in [0.1, 0.15) is 33.1 Å². The molecule has 2 rings (SSSR count). The molecular weight excluding hydrogens is 298 g/mol. The molecule has 0 spiro atoms. The van der Waals surface area contributed by atoms with Gasteiger partial charge in [0, 0.05) is 12.0 Å². The summed E-state index contributed by atoms with van der Waals surface area (Å²) in [7, 11) is 0. The maximum Gasteiger partial charge on any atom is 0.224 e. The Morgan fingerprint density at radius 1 is 1.39 bits per heavy atom. The van der Waals surface area contributed by atoms with Gasteiger partial charge in [-0.25, -0.2) is 0 Å². The van der Waals surface area contributed by atoms with Gasteiger partial charge in [-0.3, -0.25) is 14.4 Å². The van der Waals surface area contributed by atoms with Crippen molar-refractivity contribution in [2.45, 2.75) is 45.3 Å². The lowest BCUT2D eigenvalue weighted by Crippen LogP contribution is -2.49. The van der Waals surface area contributed by atoms with E-state index in [1.54, 1.807) is 13.8 Å². The lowest BCUT2D eigenvalue weighted by Gasteiger charge is -2.24. The van der Waals surface area contributed by atoms with Gasteiger partial charge in [0.15, 0.2) is 5.78 Å². The second-order valence-corrected chi connectivity index (χ2v) is 6.97. The number of rotatable bonds is 7. The number of carbonyl (C=O) groups excluding carboxylic acids is 3. The van der Waals surface area contributed by atoms with Crippen molar-refractivity contribution in [2.24, 2.45) is 11.1 Å². The zero-order chi connectivity index (χ0) is 17.0. The van der Waals surface area contributed by atoms with Crippen molar-refractivity contribution in [3.05, 3.63) is 6.42 Å². The average molecular weight is 324 g/mol. The van der Waals surface area contributed by atoms with Gasteiger partial charge in [0.05, 0.1) is 12.5 Å². The summed E-state index contributed by atoms with van der Waals surface area (Å²) in [6.07, 6.45) is 3.62. The number of nitrogens with two attached hydrogens (primary N) is 1. The summed E-state index contributed by atoms with van der Waals surface area (Å²) in [4.78, 5) is 37.5.